The van der Waals surface area contributed by atoms with Crippen LogP contribution in [-0.2, 0) is 0 Å². The zero-order valence-electron chi connectivity index (χ0n) is 19.5. The molecule has 3 N–H and O–H groups in total. The summed E-state index contributed by atoms with van der Waals surface area (Å²) in [5.41, 5.74) is 12.3. The molecular formula is C28H22F2N4OS. The quantitative estimate of drug-likeness (QED) is 0.239. The highest BCUT2D eigenvalue weighted by atomic mass is 32.2. The van der Waals surface area contributed by atoms with Crippen LogP contribution in [-0.4, -0.2) is 17.1 Å². The van der Waals surface area contributed by atoms with E-state index in [1.165, 1.54) is 19.2 Å². The number of anilines is 2. The van der Waals surface area contributed by atoms with E-state index in [1.54, 1.807) is 6.20 Å². The maximum atomic E-state index is 14.1. The van der Waals surface area contributed by atoms with E-state index in [9.17, 15) is 8.78 Å². The number of aryl methyl sites for hydroxylation is 1. The number of nitrogens with zero attached hydrogens (tertiary/aromatic N) is 2. The van der Waals surface area contributed by atoms with E-state index < -0.39 is 11.6 Å². The molecule has 0 aliphatic carbocycles. The number of pyridine rings is 2. The van der Waals surface area contributed by atoms with E-state index in [0.717, 1.165) is 56.7 Å². The minimum absolute atomic E-state index is 0.252. The van der Waals surface area contributed by atoms with Gasteiger partial charge in [-0.3, -0.25) is 0 Å². The molecule has 36 heavy (non-hydrogen) atoms. The zero-order chi connectivity index (χ0) is 25.2. The molecule has 8 heteroatoms. The van der Waals surface area contributed by atoms with Crippen molar-refractivity contribution in [1.29, 1.82) is 0 Å². The lowest BCUT2D eigenvalue weighted by Gasteiger charge is -2.14. The van der Waals surface area contributed by atoms with E-state index in [2.05, 4.69) is 14.7 Å². The van der Waals surface area contributed by atoms with Crippen LogP contribution >= 0.6 is 11.9 Å². The molecule has 0 bridgehead atoms. The lowest BCUT2D eigenvalue weighted by Crippen LogP contribution is -1.98. The number of nitrogens with one attached hydrogen (secondary N) is 1. The molecule has 3 aromatic carbocycles. The summed E-state index contributed by atoms with van der Waals surface area (Å²) < 4.78 is 35.8. The number of methoxy groups -OCH3 is 1. The van der Waals surface area contributed by atoms with Crippen LogP contribution in [0, 0.1) is 18.6 Å². The van der Waals surface area contributed by atoms with Crippen molar-refractivity contribution in [3.05, 3.63) is 96.2 Å². The molecule has 2 heterocycles. The molecule has 0 fully saturated rings. The number of hydrogen-bond acceptors (Lipinski definition) is 6. The summed E-state index contributed by atoms with van der Waals surface area (Å²) in [5, 5.41) is 0.950. The summed E-state index contributed by atoms with van der Waals surface area (Å²) in [4.78, 5) is 9.35. The van der Waals surface area contributed by atoms with Gasteiger partial charge < -0.3 is 15.2 Å². The molecular weight excluding hydrogens is 478 g/mol. The number of nitrogens with two attached hydrogens (primary N) is 1. The van der Waals surface area contributed by atoms with Gasteiger partial charge in [0.1, 0.15) is 23.1 Å². The van der Waals surface area contributed by atoms with Gasteiger partial charge in [0, 0.05) is 28.8 Å². The molecule has 5 aromatic rings. The second-order valence-electron chi connectivity index (χ2n) is 8.21. The van der Waals surface area contributed by atoms with Crippen molar-refractivity contribution in [3.63, 3.8) is 0 Å². The normalized spacial score (nSPS) is 11.0. The molecule has 0 saturated carbocycles. The molecule has 2 aromatic heterocycles. The molecule has 5 rings (SSSR count). The monoisotopic (exact) mass is 500 g/mol. The van der Waals surface area contributed by atoms with Gasteiger partial charge in [0.15, 0.2) is 0 Å². The number of hydrogen-bond donors (Lipinski definition) is 2. The van der Waals surface area contributed by atoms with Crippen LogP contribution in [0.1, 0.15) is 5.56 Å². The SMILES string of the molecule is COc1ncc(-c2cc(C)c3nc(N)c(-c4ccccc4)cc3c2)cc1NSc1ccc(F)cc1F. The Kier molecular flexibility index (Phi) is 6.43. The zero-order valence-corrected chi connectivity index (χ0v) is 20.4. The van der Waals surface area contributed by atoms with Gasteiger partial charge in [-0.1, -0.05) is 30.3 Å². The standard InChI is InChI=1S/C28H22F2N4OS/c1-16-10-18(11-19-12-22(27(31)33-26(16)19)17-6-4-3-5-7-17)20-13-24(28(35-2)32-15-20)34-36-25-9-8-21(29)14-23(25)30/h3-15,34H,1-2H3,(H2,31,33). The molecule has 0 atom stereocenters. The van der Waals surface area contributed by atoms with E-state index in [4.69, 9.17) is 10.5 Å². The van der Waals surface area contributed by atoms with Crippen LogP contribution in [0.2, 0.25) is 0 Å². The minimum Gasteiger partial charge on any atom is -0.480 e. The summed E-state index contributed by atoms with van der Waals surface area (Å²) in [6.07, 6.45) is 1.72. The molecule has 0 aliphatic rings. The molecule has 0 saturated heterocycles. The average molecular weight is 501 g/mol. The first kappa shape index (κ1) is 23.6. The van der Waals surface area contributed by atoms with Crippen molar-refractivity contribution >= 4 is 34.4 Å². The molecule has 0 unspecified atom stereocenters. The number of rotatable bonds is 6. The Morgan fingerprint density at radius 3 is 2.47 bits per heavy atom. The van der Waals surface area contributed by atoms with Crippen molar-refractivity contribution < 1.29 is 13.5 Å². The Labute approximate surface area is 211 Å². The predicted molar refractivity (Wildman–Crippen MR) is 142 cm³/mol. The maximum Gasteiger partial charge on any atom is 0.237 e. The highest BCUT2D eigenvalue weighted by molar-refractivity contribution is 8.00. The summed E-state index contributed by atoms with van der Waals surface area (Å²) >= 11 is 1.01. The van der Waals surface area contributed by atoms with Crippen molar-refractivity contribution in [2.45, 2.75) is 11.8 Å². The van der Waals surface area contributed by atoms with Crippen LogP contribution in [0.5, 0.6) is 5.88 Å². The Bertz CT molecular complexity index is 1580. The van der Waals surface area contributed by atoms with Gasteiger partial charge in [0.2, 0.25) is 5.88 Å². The molecule has 0 amide bonds. The smallest absolute Gasteiger partial charge is 0.237 e. The molecule has 5 nitrogen and oxygen atoms in total. The summed E-state index contributed by atoms with van der Waals surface area (Å²) in [5.74, 6) is -0.447. The minimum atomic E-state index is -0.651. The first-order chi connectivity index (χ1) is 17.4. The second-order valence-corrected chi connectivity index (χ2v) is 9.06. The van der Waals surface area contributed by atoms with E-state index in [1.807, 2.05) is 61.5 Å². The van der Waals surface area contributed by atoms with Gasteiger partial charge in [-0.2, -0.15) is 0 Å². The second kappa shape index (κ2) is 9.83. The van der Waals surface area contributed by atoms with E-state index >= 15 is 0 Å². The van der Waals surface area contributed by atoms with Crippen LogP contribution in [0.25, 0.3) is 33.2 Å². The van der Waals surface area contributed by atoms with Crippen molar-refractivity contribution in [3.8, 4) is 28.1 Å². The number of benzene rings is 3. The lowest BCUT2D eigenvalue weighted by atomic mass is 9.98. The third kappa shape index (κ3) is 4.67. The summed E-state index contributed by atoms with van der Waals surface area (Å²) in [7, 11) is 1.51. The average Bonchev–Trinajstić information content (AvgIpc) is 2.88. The Balaban J connectivity index is 1.53. The van der Waals surface area contributed by atoms with Gasteiger partial charge in [-0.15, -0.1) is 0 Å². The van der Waals surface area contributed by atoms with E-state index in [0.29, 0.717) is 17.4 Å². The third-order valence-corrected chi connectivity index (χ3v) is 6.64. The summed E-state index contributed by atoms with van der Waals surface area (Å²) in [6.45, 7) is 1.99. The number of ether oxygens (including phenoxy) is 1. The molecule has 0 radical (unpaired) electrons. The highest BCUT2D eigenvalue weighted by Gasteiger charge is 2.13. The fourth-order valence-corrected chi connectivity index (χ4v) is 4.67. The van der Waals surface area contributed by atoms with Crippen molar-refractivity contribution in [1.82, 2.24) is 9.97 Å². The lowest BCUT2D eigenvalue weighted by molar-refractivity contribution is 0.400. The summed E-state index contributed by atoms with van der Waals surface area (Å²) in [6, 6.07) is 21.3. The first-order valence-corrected chi connectivity index (χ1v) is 11.9. The fourth-order valence-electron chi connectivity index (χ4n) is 4.01. The van der Waals surface area contributed by atoms with Crippen LogP contribution < -0.4 is 15.2 Å². The van der Waals surface area contributed by atoms with Gasteiger partial charge in [-0.05, 0) is 72.0 Å². The van der Waals surface area contributed by atoms with Crippen molar-refractivity contribution in [2.24, 2.45) is 0 Å². The van der Waals surface area contributed by atoms with Gasteiger partial charge >= 0.3 is 0 Å². The Hall–Kier alpha value is -4.17. The van der Waals surface area contributed by atoms with Gasteiger partial charge in [0.05, 0.1) is 17.5 Å². The Morgan fingerprint density at radius 1 is 0.917 bits per heavy atom. The molecule has 0 aliphatic heterocycles. The predicted octanol–water partition coefficient (Wildman–Crippen LogP) is 7.26. The number of fused-ring (bicyclic) bond motifs is 1. The largest absolute Gasteiger partial charge is 0.480 e. The fraction of sp³-hybridized carbons (Fsp3) is 0.0714. The van der Waals surface area contributed by atoms with Crippen molar-refractivity contribution in [2.75, 3.05) is 17.6 Å². The van der Waals surface area contributed by atoms with E-state index in [-0.39, 0.29) is 4.90 Å². The third-order valence-electron chi connectivity index (χ3n) is 5.77. The van der Waals surface area contributed by atoms with Crippen LogP contribution in [0.3, 0.4) is 0 Å². The number of halogens is 2. The topological polar surface area (TPSA) is 73.1 Å². The maximum absolute atomic E-state index is 14.1. The Morgan fingerprint density at radius 2 is 1.72 bits per heavy atom. The molecule has 0 spiro atoms. The van der Waals surface area contributed by atoms with Crippen LogP contribution in [0.15, 0.2) is 83.9 Å². The first-order valence-electron chi connectivity index (χ1n) is 11.1. The van der Waals surface area contributed by atoms with Gasteiger partial charge in [-0.25, -0.2) is 18.7 Å². The number of aromatic nitrogens is 2. The highest BCUT2D eigenvalue weighted by Crippen LogP contribution is 2.36. The molecule has 180 valence electrons. The van der Waals surface area contributed by atoms with Gasteiger partial charge in [0.25, 0.3) is 0 Å². The van der Waals surface area contributed by atoms with Crippen LogP contribution in [0.4, 0.5) is 20.3 Å². The number of nitrogen functional groups attached to an aromatic ring is 1.